The molecule has 0 N–H and O–H groups in total. The van der Waals surface area contributed by atoms with Crippen LogP contribution in [0.5, 0.6) is 5.75 Å². The number of amides is 1. The summed E-state index contributed by atoms with van der Waals surface area (Å²) in [5.74, 6) is 3.22. The third-order valence-electron chi connectivity index (χ3n) is 6.86. The van der Waals surface area contributed by atoms with Gasteiger partial charge in [-0.15, -0.1) is 0 Å². The van der Waals surface area contributed by atoms with E-state index in [9.17, 15) is 9.18 Å². The molecule has 0 unspecified atom stereocenters. The first kappa shape index (κ1) is 29.6. The number of halogens is 1. The Balaban J connectivity index is 0.000000261. The summed E-state index contributed by atoms with van der Waals surface area (Å²) in [4.78, 5) is 20.1. The normalized spacial score (nSPS) is 17.1. The summed E-state index contributed by atoms with van der Waals surface area (Å²) in [5, 5.41) is 0. The van der Waals surface area contributed by atoms with E-state index in [0.717, 1.165) is 24.7 Å². The molecule has 3 rings (SSSR count). The zero-order valence-electron chi connectivity index (χ0n) is 23.2. The van der Waals surface area contributed by atoms with Crippen LogP contribution in [0.25, 0.3) is 0 Å². The minimum Gasteiger partial charge on any atom is -0.494 e. The second-order valence-corrected chi connectivity index (χ2v) is 9.76. The van der Waals surface area contributed by atoms with Gasteiger partial charge in [-0.05, 0) is 87.5 Å². The van der Waals surface area contributed by atoms with Crippen LogP contribution < -0.4 is 4.74 Å². The van der Waals surface area contributed by atoms with Gasteiger partial charge in [0.1, 0.15) is 17.4 Å². The van der Waals surface area contributed by atoms with E-state index in [4.69, 9.17) is 9.73 Å². The molecule has 0 bridgehead atoms. The van der Waals surface area contributed by atoms with Gasteiger partial charge in [-0.1, -0.05) is 26.0 Å². The third kappa shape index (κ3) is 9.79. The molecular weight excluding hydrogens is 453 g/mol. The fourth-order valence-electron chi connectivity index (χ4n) is 4.38. The molecular formula is C30H46FN3O2. The van der Waals surface area contributed by atoms with Crippen LogP contribution in [-0.4, -0.2) is 55.7 Å². The molecule has 1 aromatic rings. The molecule has 200 valence electrons. The van der Waals surface area contributed by atoms with E-state index in [1.165, 1.54) is 61.1 Å². The van der Waals surface area contributed by atoms with Crippen molar-refractivity contribution in [3.05, 3.63) is 53.1 Å². The molecule has 0 radical (unpaired) electrons. The van der Waals surface area contributed by atoms with Crippen molar-refractivity contribution >= 4 is 12.1 Å². The first-order valence-electron chi connectivity index (χ1n) is 13.6. The number of hydrogen-bond acceptors (Lipinski definition) is 4. The molecule has 1 heterocycles. The van der Waals surface area contributed by atoms with Gasteiger partial charge in [0.25, 0.3) is 0 Å². The summed E-state index contributed by atoms with van der Waals surface area (Å²) >= 11 is 0. The Morgan fingerprint density at radius 1 is 1.14 bits per heavy atom. The van der Waals surface area contributed by atoms with Crippen LogP contribution in [0.3, 0.4) is 0 Å². The molecule has 1 aliphatic carbocycles. The van der Waals surface area contributed by atoms with Crippen molar-refractivity contribution in [2.24, 2.45) is 16.8 Å². The summed E-state index contributed by atoms with van der Waals surface area (Å²) in [6.45, 7) is 11.2. The Hall–Kier alpha value is -2.63. The minimum absolute atomic E-state index is 0.0746. The van der Waals surface area contributed by atoms with Crippen molar-refractivity contribution in [1.29, 1.82) is 0 Å². The molecule has 6 heteroatoms. The number of aliphatic imine (C=N–C) groups is 1. The number of allylic oxidation sites excluding steroid dienone is 3. The van der Waals surface area contributed by atoms with E-state index >= 15 is 0 Å². The van der Waals surface area contributed by atoms with Gasteiger partial charge < -0.3 is 14.5 Å². The summed E-state index contributed by atoms with van der Waals surface area (Å²) < 4.78 is 18.7. The first-order valence-corrected chi connectivity index (χ1v) is 13.6. The highest BCUT2D eigenvalue weighted by molar-refractivity contribution is 5.79. The van der Waals surface area contributed by atoms with E-state index in [0.29, 0.717) is 17.9 Å². The van der Waals surface area contributed by atoms with Gasteiger partial charge in [-0.25, -0.2) is 9.38 Å². The van der Waals surface area contributed by atoms with Crippen molar-refractivity contribution in [3.63, 3.8) is 0 Å². The lowest BCUT2D eigenvalue weighted by molar-refractivity contribution is -0.128. The third-order valence-corrected chi connectivity index (χ3v) is 6.86. The number of likely N-dealkylation sites (N-methyl/N-ethyl adjacent to an activating group) is 1. The molecule has 5 nitrogen and oxygen atoms in total. The second-order valence-electron chi connectivity index (χ2n) is 9.76. The Kier molecular flexibility index (Phi) is 12.7. The van der Waals surface area contributed by atoms with Crippen molar-refractivity contribution < 1.29 is 13.9 Å². The molecule has 1 saturated heterocycles. The van der Waals surface area contributed by atoms with E-state index < -0.39 is 5.82 Å². The number of rotatable bonds is 10. The average molecular weight is 500 g/mol. The fraction of sp³-hybridized carbons (Fsp3) is 0.600. The molecule has 1 saturated carbocycles. The summed E-state index contributed by atoms with van der Waals surface area (Å²) in [7, 11) is 3.30. The maximum atomic E-state index is 13.5. The maximum Gasteiger partial charge on any atom is 0.226 e. The van der Waals surface area contributed by atoms with Gasteiger partial charge in [0.05, 0.1) is 13.0 Å². The largest absolute Gasteiger partial charge is 0.494 e. The van der Waals surface area contributed by atoms with Gasteiger partial charge >= 0.3 is 0 Å². The van der Waals surface area contributed by atoms with E-state index in [1.807, 2.05) is 6.92 Å². The van der Waals surface area contributed by atoms with Gasteiger partial charge in [-0.2, -0.15) is 0 Å². The number of piperidine rings is 1. The van der Waals surface area contributed by atoms with E-state index in [2.05, 4.69) is 44.0 Å². The zero-order valence-corrected chi connectivity index (χ0v) is 23.2. The summed E-state index contributed by atoms with van der Waals surface area (Å²) in [6, 6.07) is 4.56. The molecule has 1 amide bonds. The quantitative estimate of drug-likeness (QED) is 0.339. The van der Waals surface area contributed by atoms with Gasteiger partial charge in [0.2, 0.25) is 5.91 Å². The van der Waals surface area contributed by atoms with Gasteiger partial charge in [-0.3, -0.25) is 4.79 Å². The van der Waals surface area contributed by atoms with Crippen LogP contribution in [0.2, 0.25) is 0 Å². The number of nitrogens with zero attached hydrogens (tertiary/aromatic N) is 3. The van der Waals surface area contributed by atoms with Crippen LogP contribution in [0, 0.1) is 17.7 Å². The van der Waals surface area contributed by atoms with Crippen molar-refractivity contribution in [3.8, 4) is 5.75 Å². The molecule has 0 aromatic heterocycles. The monoisotopic (exact) mass is 499 g/mol. The molecule has 0 spiro atoms. The number of ether oxygens (including phenoxy) is 1. The highest BCUT2D eigenvalue weighted by Crippen LogP contribution is 2.42. The van der Waals surface area contributed by atoms with Crippen LogP contribution in [0.1, 0.15) is 71.8 Å². The maximum absolute atomic E-state index is 13.5. The standard InChI is InChI=1S/C18H30N2.C12H16FNO2/c1-4-7-18(19-14-15(5-2)6-3)20-12-10-17(11-13-20)16-8-9-16;1-4-16-10-6-5-9(11(13)8-10)7-12(15)14(2)3/h5,7,14,16-17H,4,6,8-13H2,1-3H3;5-6,8H,4,7H2,1-3H3/b15-5-,18-7-,19-14-;. The SMILES string of the molecule is CCOc1ccc(CC(=O)N(C)C)c(F)c1.C\C=C(/C=N\C(=C\CC)N1CCC(C2CC2)CC1)CC. The van der Waals surface area contributed by atoms with E-state index in [1.54, 1.807) is 26.2 Å². The minimum atomic E-state index is -0.402. The Labute approximate surface area is 218 Å². The molecule has 1 aliphatic heterocycles. The lowest BCUT2D eigenvalue weighted by Crippen LogP contribution is -2.33. The highest BCUT2D eigenvalue weighted by Gasteiger charge is 2.33. The van der Waals surface area contributed by atoms with Crippen molar-refractivity contribution in [1.82, 2.24) is 9.80 Å². The second kappa shape index (κ2) is 15.5. The number of likely N-dealkylation sites (tertiary alicyclic amines) is 1. The fourth-order valence-corrected chi connectivity index (χ4v) is 4.38. The van der Waals surface area contributed by atoms with Crippen LogP contribution >= 0.6 is 0 Å². The Bertz CT molecular complexity index is 911. The number of benzene rings is 1. The predicted octanol–water partition coefficient (Wildman–Crippen LogP) is 6.64. The van der Waals surface area contributed by atoms with Crippen molar-refractivity contribution in [2.75, 3.05) is 33.8 Å². The molecule has 1 aromatic carbocycles. The van der Waals surface area contributed by atoms with Crippen LogP contribution in [0.4, 0.5) is 4.39 Å². The van der Waals surface area contributed by atoms with Crippen LogP contribution in [-0.2, 0) is 11.2 Å². The number of hydrogen-bond donors (Lipinski definition) is 0. The van der Waals surface area contributed by atoms with Gasteiger partial charge in [0, 0.05) is 39.5 Å². The Morgan fingerprint density at radius 2 is 1.81 bits per heavy atom. The number of carbonyl (C=O) groups excluding carboxylic acids is 1. The average Bonchev–Trinajstić information content (AvgIpc) is 3.72. The molecule has 36 heavy (non-hydrogen) atoms. The molecule has 2 aliphatic rings. The van der Waals surface area contributed by atoms with Crippen molar-refractivity contribution in [2.45, 2.75) is 72.6 Å². The van der Waals surface area contributed by atoms with Gasteiger partial charge in [0.15, 0.2) is 0 Å². The first-order chi connectivity index (χ1) is 17.3. The van der Waals surface area contributed by atoms with E-state index in [-0.39, 0.29) is 12.3 Å². The zero-order chi connectivity index (χ0) is 26.5. The lowest BCUT2D eigenvalue weighted by Gasteiger charge is -2.33. The highest BCUT2D eigenvalue weighted by atomic mass is 19.1. The molecule has 0 atom stereocenters. The molecule has 2 fully saturated rings. The lowest BCUT2D eigenvalue weighted by atomic mass is 9.92. The summed E-state index contributed by atoms with van der Waals surface area (Å²) in [5.41, 5.74) is 1.71. The van der Waals surface area contributed by atoms with Crippen LogP contribution in [0.15, 0.2) is 46.7 Å². The summed E-state index contributed by atoms with van der Waals surface area (Å²) in [6.07, 6.45) is 14.4. The topological polar surface area (TPSA) is 45.1 Å². The number of carbonyl (C=O) groups is 1. The smallest absolute Gasteiger partial charge is 0.226 e. The predicted molar refractivity (Wildman–Crippen MR) is 148 cm³/mol. The Morgan fingerprint density at radius 3 is 2.31 bits per heavy atom.